The molecule has 0 radical (unpaired) electrons. The fourth-order valence-corrected chi connectivity index (χ4v) is 3.96. The van der Waals surface area contributed by atoms with Gasteiger partial charge in [-0.05, 0) is 33.6 Å². The number of carbonyl (C=O) groups is 1. The molecule has 1 aliphatic heterocycles. The highest BCUT2D eigenvalue weighted by Crippen LogP contribution is 2.34. The van der Waals surface area contributed by atoms with Gasteiger partial charge in [-0.25, -0.2) is 15.0 Å². The third-order valence-electron chi connectivity index (χ3n) is 4.91. The van der Waals surface area contributed by atoms with E-state index in [0.29, 0.717) is 11.7 Å². The molecule has 7 nitrogen and oxygen atoms in total. The topological polar surface area (TPSA) is 74.2 Å². The maximum atomic E-state index is 12.9. The molecule has 1 N–H and O–H groups in total. The number of amides is 1. The Hall–Kier alpha value is -2.22. The van der Waals surface area contributed by atoms with Crippen LogP contribution in [0.5, 0.6) is 0 Å². The number of nitrogens with zero attached hydrogens (tertiary/aromatic N) is 5. The van der Waals surface area contributed by atoms with Gasteiger partial charge in [-0.3, -0.25) is 4.79 Å². The molecule has 140 valence electrons. The van der Waals surface area contributed by atoms with E-state index in [0.717, 1.165) is 41.6 Å². The zero-order chi connectivity index (χ0) is 18.9. The first-order valence-electron chi connectivity index (χ1n) is 8.78. The minimum absolute atomic E-state index is 0.0258. The number of carbonyl (C=O) groups excluding carboxylic acids is 1. The van der Waals surface area contributed by atoms with Gasteiger partial charge in [0.2, 0.25) is 5.91 Å². The molecular formula is C18H26N6OS. The van der Waals surface area contributed by atoms with Crippen molar-refractivity contribution in [1.29, 1.82) is 0 Å². The third kappa shape index (κ3) is 3.80. The van der Waals surface area contributed by atoms with Crippen molar-refractivity contribution in [3.05, 3.63) is 23.0 Å². The van der Waals surface area contributed by atoms with Crippen molar-refractivity contribution in [2.75, 3.05) is 42.3 Å². The summed E-state index contributed by atoms with van der Waals surface area (Å²) in [6.07, 6.45) is 3.38. The average molecular weight is 375 g/mol. The van der Waals surface area contributed by atoms with Crippen molar-refractivity contribution in [2.24, 2.45) is 5.41 Å². The minimum Gasteiger partial charge on any atom is -0.363 e. The molecule has 8 heteroatoms. The van der Waals surface area contributed by atoms with Crippen LogP contribution < -0.4 is 15.1 Å². The third-order valence-corrected chi connectivity index (χ3v) is 5.90. The molecule has 3 rings (SSSR count). The largest absolute Gasteiger partial charge is 0.363 e. The second-order valence-corrected chi connectivity index (χ2v) is 8.53. The van der Waals surface area contributed by atoms with E-state index in [1.165, 1.54) is 11.3 Å². The number of aryl methyl sites for hydroxylation is 2. The van der Waals surface area contributed by atoms with Crippen LogP contribution in [0.1, 0.15) is 30.3 Å². The molecule has 1 fully saturated rings. The Morgan fingerprint density at radius 1 is 1.35 bits per heavy atom. The van der Waals surface area contributed by atoms with Gasteiger partial charge < -0.3 is 15.1 Å². The SMILES string of the molecule is Cc1nc(NC(=O)[C@@]2(C)CCCN(c3cc(N(C)C)ncn3)C2)sc1C. The zero-order valence-corrected chi connectivity index (χ0v) is 16.9. The minimum atomic E-state index is -0.477. The van der Waals surface area contributed by atoms with E-state index in [1.807, 2.05) is 45.8 Å². The average Bonchev–Trinajstić information content (AvgIpc) is 2.92. The molecule has 1 saturated heterocycles. The molecular weight excluding hydrogens is 348 g/mol. The van der Waals surface area contributed by atoms with E-state index in [9.17, 15) is 4.79 Å². The highest BCUT2D eigenvalue weighted by Gasteiger charge is 2.38. The quantitative estimate of drug-likeness (QED) is 0.887. The van der Waals surface area contributed by atoms with E-state index < -0.39 is 5.41 Å². The highest BCUT2D eigenvalue weighted by atomic mass is 32.1. The van der Waals surface area contributed by atoms with Crippen molar-refractivity contribution in [1.82, 2.24) is 15.0 Å². The summed E-state index contributed by atoms with van der Waals surface area (Å²) in [6, 6.07) is 1.97. The number of hydrogen-bond donors (Lipinski definition) is 1. The van der Waals surface area contributed by atoms with E-state index in [2.05, 4.69) is 25.2 Å². The van der Waals surface area contributed by atoms with E-state index in [4.69, 9.17) is 0 Å². The lowest BCUT2D eigenvalue weighted by molar-refractivity contribution is -0.125. The maximum absolute atomic E-state index is 12.9. The van der Waals surface area contributed by atoms with Crippen molar-refractivity contribution in [3.8, 4) is 0 Å². The van der Waals surface area contributed by atoms with E-state index in [-0.39, 0.29) is 5.91 Å². The van der Waals surface area contributed by atoms with Gasteiger partial charge in [0.15, 0.2) is 5.13 Å². The van der Waals surface area contributed by atoms with Crippen LogP contribution >= 0.6 is 11.3 Å². The smallest absolute Gasteiger partial charge is 0.233 e. The molecule has 1 atom stereocenters. The van der Waals surface area contributed by atoms with Crippen LogP contribution in [-0.4, -0.2) is 48.0 Å². The van der Waals surface area contributed by atoms with Crippen molar-refractivity contribution >= 4 is 34.0 Å². The molecule has 26 heavy (non-hydrogen) atoms. The molecule has 0 unspecified atom stereocenters. The second-order valence-electron chi connectivity index (χ2n) is 7.33. The molecule has 0 saturated carbocycles. The Bertz CT molecular complexity index is 785. The lowest BCUT2D eigenvalue weighted by Crippen LogP contribution is -2.48. The van der Waals surface area contributed by atoms with Gasteiger partial charge in [0.05, 0.1) is 11.1 Å². The van der Waals surface area contributed by atoms with Crippen LogP contribution in [0.2, 0.25) is 0 Å². The first kappa shape index (κ1) is 18.6. The molecule has 2 aromatic heterocycles. The van der Waals surface area contributed by atoms with Crippen LogP contribution in [0, 0.1) is 19.3 Å². The monoisotopic (exact) mass is 374 g/mol. The molecule has 0 aliphatic carbocycles. The summed E-state index contributed by atoms with van der Waals surface area (Å²) in [4.78, 5) is 31.3. The van der Waals surface area contributed by atoms with Crippen LogP contribution in [0.4, 0.5) is 16.8 Å². The first-order chi connectivity index (χ1) is 12.3. The Balaban J connectivity index is 1.75. The van der Waals surface area contributed by atoms with Gasteiger partial charge in [0.25, 0.3) is 0 Å². The number of piperidine rings is 1. The van der Waals surface area contributed by atoms with Crippen molar-refractivity contribution in [3.63, 3.8) is 0 Å². The lowest BCUT2D eigenvalue weighted by Gasteiger charge is -2.39. The van der Waals surface area contributed by atoms with Crippen molar-refractivity contribution < 1.29 is 4.79 Å². The Morgan fingerprint density at radius 3 is 2.77 bits per heavy atom. The number of aromatic nitrogens is 3. The highest BCUT2D eigenvalue weighted by molar-refractivity contribution is 7.15. The Morgan fingerprint density at radius 2 is 2.12 bits per heavy atom. The molecule has 1 amide bonds. The zero-order valence-electron chi connectivity index (χ0n) is 16.0. The summed E-state index contributed by atoms with van der Waals surface area (Å²) in [6.45, 7) is 7.53. The Kier molecular flexibility index (Phi) is 5.13. The molecule has 1 aliphatic rings. The number of rotatable bonds is 4. The summed E-state index contributed by atoms with van der Waals surface area (Å²) >= 11 is 1.52. The Labute approximate surface area is 158 Å². The van der Waals surface area contributed by atoms with Crippen molar-refractivity contribution in [2.45, 2.75) is 33.6 Å². The summed E-state index contributed by atoms with van der Waals surface area (Å²) in [5, 5.41) is 3.70. The van der Waals surface area contributed by atoms with Gasteiger partial charge >= 0.3 is 0 Å². The lowest BCUT2D eigenvalue weighted by atomic mass is 9.81. The molecule has 0 bridgehead atoms. The van der Waals surface area contributed by atoms with E-state index >= 15 is 0 Å². The van der Waals surface area contributed by atoms with Crippen LogP contribution in [0.3, 0.4) is 0 Å². The van der Waals surface area contributed by atoms with Gasteiger partial charge in [-0.15, -0.1) is 11.3 Å². The second kappa shape index (κ2) is 7.19. The molecule has 0 aromatic carbocycles. The maximum Gasteiger partial charge on any atom is 0.233 e. The summed E-state index contributed by atoms with van der Waals surface area (Å²) in [5.74, 6) is 1.75. The first-order valence-corrected chi connectivity index (χ1v) is 9.60. The fourth-order valence-electron chi connectivity index (χ4n) is 3.15. The normalized spacial score (nSPS) is 20.1. The predicted molar refractivity (Wildman–Crippen MR) is 106 cm³/mol. The number of thiazole rings is 1. The summed E-state index contributed by atoms with van der Waals surface area (Å²) in [7, 11) is 3.91. The molecule has 0 spiro atoms. The molecule has 2 aromatic rings. The van der Waals surface area contributed by atoms with Gasteiger partial charge in [-0.1, -0.05) is 0 Å². The number of anilines is 3. The fraction of sp³-hybridized carbons (Fsp3) is 0.556. The van der Waals surface area contributed by atoms with Crippen LogP contribution in [0.25, 0.3) is 0 Å². The van der Waals surface area contributed by atoms with E-state index in [1.54, 1.807) is 6.33 Å². The summed E-state index contributed by atoms with van der Waals surface area (Å²) in [5.41, 5.74) is 0.493. The standard InChI is InChI=1S/C18H26N6OS/c1-12-13(2)26-17(21-12)22-16(25)18(3)7-6-8-24(10-18)15-9-14(23(4)5)19-11-20-15/h9,11H,6-8,10H2,1-5H3,(H,21,22,25)/t18-/m0/s1. The van der Waals surface area contributed by atoms with Crippen LogP contribution in [0.15, 0.2) is 12.4 Å². The number of nitrogens with one attached hydrogen (secondary N) is 1. The van der Waals surface area contributed by atoms with Crippen LogP contribution in [-0.2, 0) is 4.79 Å². The van der Waals surface area contributed by atoms with Gasteiger partial charge in [-0.2, -0.15) is 0 Å². The predicted octanol–water partition coefficient (Wildman–Crippen LogP) is 2.86. The summed E-state index contributed by atoms with van der Waals surface area (Å²) < 4.78 is 0. The number of hydrogen-bond acceptors (Lipinski definition) is 7. The van der Waals surface area contributed by atoms with Gasteiger partial charge in [0, 0.05) is 38.1 Å². The van der Waals surface area contributed by atoms with Gasteiger partial charge in [0.1, 0.15) is 18.0 Å². The molecule has 3 heterocycles.